The molecule has 0 aliphatic rings. The molecule has 0 aliphatic heterocycles. The standard InChI is InChI=1S/C25H33Cl2F2N5O2S/c1-16(2)24-30-11-13-33(24)12-9-7-6-8-10-19-14-20(26)23(21(27)15-19)37(35,36)34(25(28)29)22-17(3)31-32(5)18(22)4/h11,13-16,25H,6-10,12H2,1-5H3/p+1. The average Bonchev–Trinajstić information content (AvgIpc) is 3.35. The van der Waals surface area contributed by atoms with Crippen LogP contribution < -0.4 is 4.31 Å². The summed E-state index contributed by atoms with van der Waals surface area (Å²) in [6.07, 6.45) is 8.42. The number of alkyl halides is 2. The maximum absolute atomic E-state index is 14.2. The summed E-state index contributed by atoms with van der Waals surface area (Å²) in [5.41, 5.74) is 1.16. The van der Waals surface area contributed by atoms with Crippen LogP contribution in [0.15, 0.2) is 29.4 Å². The molecule has 0 aliphatic carbocycles. The zero-order chi connectivity index (χ0) is 27.5. The SMILES string of the molecule is Cc1nn(C)c(C)c1N(C(F)F)[S+](=O)(O)c1c(Cl)cc(CCCCCCn2ccnc2C(C)C)cc1Cl. The highest BCUT2D eigenvalue weighted by atomic mass is 35.5. The number of halogens is 4. The molecule has 204 valence electrons. The topological polar surface area (TPSA) is 76.2 Å². The van der Waals surface area contributed by atoms with Crippen molar-refractivity contribution in [3.8, 4) is 0 Å². The lowest BCUT2D eigenvalue weighted by molar-refractivity contribution is 0.159. The van der Waals surface area contributed by atoms with E-state index in [-0.39, 0.29) is 25.7 Å². The summed E-state index contributed by atoms with van der Waals surface area (Å²) in [5.74, 6) is 1.47. The Hall–Kier alpha value is -2.01. The van der Waals surface area contributed by atoms with E-state index >= 15 is 0 Å². The molecule has 37 heavy (non-hydrogen) atoms. The highest BCUT2D eigenvalue weighted by molar-refractivity contribution is 7.99. The molecule has 7 nitrogen and oxygen atoms in total. The quantitative estimate of drug-likeness (QED) is 0.138. The zero-order valence-corrected chi connectivity index (χ0v) is 24.0. The van der Waals surface area contributed by atoms with Gasteiger partial charge in [0.25, 0.3) is 4.90 Å². The summed E-state index contributed by atoms with van der Waals surface area (Å²) < 4.78 is 56.5. The third-order valence-electron chi connectivity index (χ3n) is 6.34. The molecule has 0 bridgehead atoms. The van der Waals surface area contributed by atoms with E-state index in [1.807, 2.05) is 12.4 Å². The van der Waals surface area contributed by atoms with Gasteiger partial charge in [-0.3, -0.25) is 4.68 Å². The molecule has 0 amide bonds. The molecule has 12 heteroatoms. The zero-order valence-electron chi connectivity index (χ0n) is 21.7. The summed E-state index contributed by atoms with van der Waals surface area (Å²) in [6, 6.07) is 3.07. The Bertz CT molecular complexity index is 1260. The van der Waals surface area contributed by atoms with E-state index in [0.717, 1.165) is 43.6 Å². The molecular weight excluding hydrogens is 543 g/mol. The number of hydrogen-bond acceptors (Lipinski definition) is 3. The van der Waals surface area contributed by atoms with E-state index in [0.29, 0.717) is 18.0 Å². The molecule has 0 saturated carbocycles. The molecule has 0 saturated heterocycles. The van der Waals surface area contributed by atoms with Gasteiger partial charge in [-0.1, -0.05) is 54.2 Å². The Labute approximate surface area is 228 Å². The second-order valence-electron chi connectivity index (χ2n) is 9.43. The number of nitrogens with zero attached hydrogens (tertiary/aromatic N) is 5. The number of hydrogen-bond donors (Lipinski definition) is 1. The van der Waals surface area contributed by atoms with Gasteiger partial charge in [-0.25, -0.2) is 4.98 Å². The molecule has 3 aromatic rings. The molecule has 2 heterocycles. The first-order chi connectivity index (χ1) is 17.4. The predicted octanol–water partition coefficient (Wildman–Crippen LogP) is 7.44. The first-order valence-electron chi connectivity index (χ1n) is 12.2. The summed E-state index contributed by atoms with van der Waals surface area (Å²) in [5, 5.41) is 3.85. The van der Waals surface area contributed by atoms with Crippen LogP contribution in [0.5, 0.6) is 0 Å². The lowest BCUT2D eigenvalue weighted by Crippen LogP contribution is -2.41. The predicted molar refractivity (Wildman–Crippen MR) is 145 cm³/mol. The van der Waals surface area contributed by atoms with Crippen LogP contribution in [0.4, 0.5) is 14.5 Å². The second-order valence-corrected chi connectivity index (χ2v) is 12.0. The van der Waals surface area contributed by atoms with Gasteiger partial charge in [-0.05, 0) is 55.0 Å². The Kier molecular flexibility index (Phi) is 9.77. The van der Waals surface area contributed by atoms with Gasteiger partial charge in [-0.2, -0.15) is 18.4 Å². The Morgan fingerprint density at radius 2 is 1.73 bits per heavy atom. The molecule has 0 spiro atoms. The van der Waals surface area contributed by atoms with Crippen LogP contribution in [-0.4, -0.2) is 30.4 Å². The third kappa shape index (κ3) is 6.53. The molecule has 3 rings (SSSR count). The first-order valence-corrected chi connectivity index (χ1v) is 14.4. The Morgan fingerprint density at radius 3 is 2.27 bits per heavy atom. The number of imidazole rings is 1. The third-order valence-corrected chi connectivity index (χ3v) is 9.00. The highest BCUT2D eigenvalue weighted by Gasteiger charge is 2.49. The van der Waals surface area contributed by atoms with Crippen molar-refractivity contribution in [2.24, 2.45) is 7.05 Å². The summed E-state index contributed by atoms with van der Waals surface area (Å²) in [7, 11) is -2.94. The monoisotopic (exact) mass is 576 g/mol. The first kappa shape index (κ1) is 29.5. The fourth-order valence-corrected chi connectivity index (χ4v) is 7.18. The van der Waals surface area contributed by atoms with Crippen LogP contribution in [0.2, 0.25) is 10.0 Å². The van der Waals surface area contributed by atoms with Crippen molar-refractivity contribution in [2.45, 2.75) is 83.7 Å². The van der Waals surface area contributed by atoms with Gasteiger partial charge >= 0.3 is 16.9 Å². The minimum atomic E-state index is -4.52. The van der Waals surface area contributed by atoms with E-state index < -0.39 is 21.8 Å². The highest BCUT2D eigenvalue weighted by Crippen LogP contribution is 2.41. The molecule has 1 aromatic carbocycles. The van der Waals surface area contributed by atoms with Gasteiger partial charge in [-0.15, -0.1) is 0 Å². The Balaban J connectivity index is 1.68. The summed E-state index contributed by atoms with van der Waals surface area (Å²) >= 11 is 12.8. The minimum Gasteiger partial charge on any atom is -0.335 e. The van der Waals surface area contributed by atoms with Crippen molar-refractivity contribution in [2.75, 3.05) is 4.31 Å². The smallest absolute Gasteiger partial charge is 0.335 e. The van der Waals surface area contributed by atoms with Crippen LogP contribution in [0.1, 0.15) is 68.2 Å². The fourth-order valence-electron chi connectivity index (χ4n) is 4.50. The minimum absolute atomic E-state index is 0.124. The summed E-state index contributed by atoms with van der Waals surface area (Å²) in [6.45, 7) is 4.93. The largest absolute Gasteiger partial charge is 0.357 e. The maximum Gasteiger partial charge on any atom is 0.357 e. The van der Waals surface area contributed by atoms with Gasteiger partial charge in [0.15, 0.2) is 0 Å². The second kappa shape index (κ2) is 12.2. The van der Waals surface area contributed by atoms with Crippen LogP contribution in [-0.2, 0) is 34.6 Å². The number of unbranched alkanes of at least 4 members (excludes halogenated alkanes) is 3. The number of benzene rings is 1. The lowest BCUT2D eigenvalue weighted by Gasteiger charge is -2.22. The van der Waals surface area contributed by atoms with Crippen molar-refractivity contribution in [3.05, 3.63) is 57.3 Å². The Morgan fingerprint density at radius 1 is 1.11 bits per heavy atom. The van der Waals surface area contributed by atoms with E-state index in [1.54, 1.807) is 14.0 Å². The van der Waals surface area contributed by atoms with E-state index in [9.17, 15) is 17.5 Å². The average molecular weight is 578 g/mol. The normalized spacial score (nSPS) is 13.5. The lowest BCUT2D eigenvalue weighted by atomic mass is 10.1. The van der Waals surface area contributed by atoms with Gasteiger partial charge in [0.05, 0.1) is 11.4 Å². The molecule has 1 N–H and O–H groups in total. The van der Waals surface area contributed by atoms with Crippen molar-refractivity contribution in [1.82, 2.24) is 19.3 Å². The number of aryl methyl sites for hydroxylation is 4. The molecule has 1 unspecified atom stereocenters. The van der Waals surface area contributed by atoms with Crippen LogP contribution in [0.25, 0.3) is 0 Å². The van der Waals surface area contributed by atoms with Gasteiger partial charge < -0.3 is 4.57 Å². The number of aromatic nitrogens is 4. The van der Waals surface area contributed by atoms with E-state index in [1.165, 1.54) is 23.7 Å². The number of rotatable bonds is 12. The van der Waals surface area contributed by atoms with Crippen molar-refractivity contribution in [1.29, 1.82) is 0 Å². The van der Waals surface area contributed by atoms with Gasteiger partial charge in [0.2, 0.25) is 0 Å². The van der Waals surface area contributed by atoms with E-state index in [2.05, 4.69) is 28.5 Å². The molecular formula is C25H34Cl2F2N5O2S+. The van der Waals surface area contributed by atoms with Gasteiger partial charge in [0.1, 0.15) is 21.6 Å². The molecule has 1 atom stereocenters. The van der Waals surface area contributed by atoms with Crippen molar-refractivity contribution in [3.63, 3.8) is 0 Å². The van der Waals surface area contributed by atoms with Crippen LogP contribution in [0, 0.1) is 13.8 Å². The van der Waals surface area contributed by atoms with Crippen LogP contribution >= 0.6 is 23.2 Å². The van der Waals surface area contributed by atoms with Crippen molar-refractivity contribution >= 4 is 39.3 Å². The molecule has 0 radical (unpaired) electrons. The van der Waals surface area contributed by atoms with Crippen molar-refractivity contribution < 1.29 is 17.5 Å². The molecule has 2 aromatic heterocycles. The van der Waals surface area contributed by atoms with E-state index in [4.69, 9.17) is 23.2 Å². The van der Waals surface area contributed by atoms with Crippen LogP contribution in [0.3, 0.4) is 0 Å². The van der Waals surface area contributed by atoms with Gasteiger partial charge in [0, 0.05) is 31.9 Å². The number of anilines is 1. The summed E-state index contributed by atoms with van der Waals surface area (Å²) in [4.78, 5) is 3.98. The fraction of sp³-hybridized carbons (Fsp3) is 0.520. The molecule has 0 fully saturated rings. The maximum atomic E-state index is 14.2.